The number of hydrogen-bond acceptors (Lipinski definition) is 9. The molecule has 2 fully saturated rings. The van der Waals surface area contributed by atoms with Gasteiger partial charge in [-0.3, -0.25) is 43.3 Å². The standard InChI is InChI=1S/C36H55N11O8/c1-21(2)30(45-31(51)24(12-7-15-40-36(38)39)43-29(50)20-41-22(3)48)35(55)47-17-9-14-27(47)33(53)44-25(18-23-10-5-4-6-11-23)34(54)46-16-8-13-26(46)32(52)42-19-28(37)49/h4-6,10-11,21,24-27,30H,7-9,12-20H2,1-3H3,(H2,37,49)(H,41,48)(H,42,52)(H,43,50)(H,44,53)(H,45,51)(H4,38,39,40)/t24-,25-,26-,27-,30-/m0/s1. The molecule has 0 unspecified atom stereocenters. The number of guanidine groups is 1. The second-order valence-corrected chi connectivity index (χ2v) is 14.0. The van der Waals surface area contributed by atoms with Crippen LogP contribution in [0.3, 0.4) is 0 Å². The molecule has 2 aliphatic heterocycles. The Bertz CT molecular complexity index is 1580. The van der Waals surface area contributed by atoms with Gasteiger partial charge in [0.05, 0.1) is 13.1 Å². The predicted molar refractivity (Wildman–Crippen MR) is 201 cm³/mol. The fourth-order valence-corrected chi connectivity index (χ4v) is 6.58. The summed E-state index contributed by atoms with van der Waals surface area (Å²) in [7, 11) is 0. The lowest BCUT2D eigenvalue weighted by molar-refractivity contribution is -0.145. The summed E-state index contributed by atoms with van der Waals surface area (Å²) in [6.45, 7) is 4.64. The molecular weight excluding hydrogens is 714 g/mol. The molecule has 11 N–H and O–H groups in total. The number of primary amides is 1. The Kier molecular flexibility index (Phi) is 16.8. The first-order chi connectivity index (χ1) is 26.1. The van der Waals surface area contributed by atoms with E-state index < -0.39 is 83.4 Å². The molecule has 302 valence electrons. The SMILES string of the molecule is CC(=O)NCC(=O)N[C@@H](CCCN=C(N)N)C(=O)N[C@H](C(=O)N1CCC[C@H]1C(=O)N[C@@H](Cc1ccccc1)C(=O)N1CCC[C@H]1C(=O)NCC(N)=O)C(C)C. The number of benzene rings is 1. The molecule has 2 saturated heterocycles. The van der Waals surface area contributed by atoms with Gasteiger partial charge < -0.3 is 53.6 Å². The fraction of sp³-hybridized carbons (Fsp3) is 0.583. The lowest BCUT2D eigenvalue weighted by atomic mass is 10.0. The normalized spacial score (nSPS) is 18.0. The Morgan fingerprint density at radius 3 is 1.98 bits per heavy atom. The third kappa shape index (κ3) is 13.6. The topological polar surface area (TPSA) is 294 Å². The molecule has 0 spiro atoms. The summed E-state index contributed by atoms with van der Waals surface area (Å²) in [5.41, 5.74) is 16.7. The van der Waals surface area contributed by atoms with Crippen LogP contribution in [0.2, 0.25) is 0 Å². The number of likely N-dealkylation sites (tertiary alicyclic amines) is 2. The number of nitrogens with two attached hydrogens (primary N) is 3. The zero-order chi connectivity index (χ0) is 40.7. The van der Waals surface area contributed by atoms with Crippen LogP contribution in [-0.4, -0.2) is 126 Å². The van der Waals surface area contributed by atoms with Gasteiger partial charge in [-0.25, -0.2) is 0 Å². The monoisotopic (exact) mass is 769 g/mol. The van der Waals surface area contributed by atoms with Crippen molar-refractivity contribution in [1.82, 2.24) is 36.4 Å². The van der Waals surface area contributed by atoms with E-state index in [1.807, 2.05) is 18.2 Å². The Morgan fingerprint density at radius 2 is 1.40 bits per heavy atom. The molecule has 19 heteroatoms. The van der Waals surface area contributed by atoms with E-state index in [2.05, 4.69) is 31.6 Å². The highest BCUT2D eigenvalue weighted by Crippen LogP contribution is 2.23. The maximum atomic E-state index is 14.1. The summed E-state index contributed by atoms with van der Waals surface area (Å²) in [5, 5.41) is 13.0. The number of amides is 8. The second kappa shape index (κ2) is 21.2. The minimum absolute atomic E-state index is 0.112. The lowest BCUT2D eigenvalue weighted by Crippen LogP contribution is -2.60. The quantitative estimate of drug-likeness (QED) is 0.0404. The fourth-order valence-electron chi connectivity index (χ4n) is 6.58. The van der Waals surface area contributed by atoms with Crippen molar-refractivity contribution in [2.75, 3.05) is 32.7 Å². The summed E-state index contributed by atoms with van der Waals surface area (Å²) in [4.78, 5) is 111. The molecule has 3 rings (SSSR count). The average Bonchev–Trinajstić information content (AvgIpc) is 3.83. The molecule has 2 heterocycles. The van der Waals surface area contributed by atoms with E-state index >= 15 is 0 Å². The van der Waals surface area contributed by atoms with Gasteiger partial charge in [0.25, 0.3) is 0 Å². The van der Waals surface area contributed by atoms with Crippen molar-refractivity contribution in [3.63, 3.8) is 0 Å². The van der Waals surface area contributed by atoms with Gasteiger partial charge in [0.15, 0.2) is 5.96 Å². The maximum Gasteiger partial charge on any atom is 0.246 e. The summed E-state index contributed by atoms with van der Waals surface area (Å²) in [6.07, 6.45) is 2.23. The van der Waals surface area contributed by atoms with E-state index in [9.17, 15) is 38.4 Å². The van der Waals surface area contributed by atoms with Gasteiger partial charge in [-0.1, -0.05) is 44.2 Å². The second-order valence-electron chi connectivity index (χ2n) is 14.0. The summed E-state index contributed by atoms with van der Waals surface area (Å²) >= 11 is 0. The highest BCUT2D eigenvalue weighted by Gasteiger charge is 2.42. The zero-order valence-electron chi connectivity index (χ0n) is 31.7. The predicted octanol–water partition coefficient (Wildman–Crippen LogP) is -2.89. The van der Waals surface area contributed by atoms with Gasteiger partial charge in [-0.2, -0.15) is 0 Å². The van der Waals surface area contributed by atoms with Crippen molar-refractivity contribution in [3.8, 4) is 0 Å². The average molecular weight is 770 g/mol. The van der Waals surface area contributed by atoms with Crippen molar-refractivity contribution >= 4 is 53.2 Å². The molecule has 0 saturated carbocycles. The largest absolute Gasteiger partial charge is 0.370 e. The first-order valence-electron chi connectivity index (χ1n) is 18.5. The van der Waals surface area contributed by atoms with Gasteiger partial charge >= 0.3 is 0 Å². The van der Waals surface area contributed by atoms with E-state index in [0.717, 1.165) is 5.56 Å². The van der Waals surface area contributed by atoms with Crippen molar-refractivity contribution in [3.05, 3.63) is 35.9 Å². The first kappa shape index (κ1) is 43.7. The molecule has 0 radical (unpaired) electrons. The Hall–Kier alpha value is -5.75. The number of rotatable bonds is 19. The Labute approximate surface area is 320 Å². The molecule has 55 heavy (non-hydrogen) atoms. The molecule has 8 amide bonds. The molecule has 19 nitrogen and oxygen atoms in total. The Morgan fingerprint density at radius 1 is 0.782 bits per heavy atom. The van der Waals surface area contributed by atoms with E-state index in [-0.39, 0.29) is 51.5 Å². The number of hydrogen-bond donors (Lipinski definition) is 8. The van der Waals surface area contributed by atoms with E-state index in [1.165, 1.54) is 16.7 Å². The molecule has 1 aromatic rings. The van der Waals surface area contributed by atoms with Crippen molar-refractivity contribution in [2.24, 2.45) is 28.1 Å². The minimum atomic E-state index is -1.10. The third-order valence-corrected chi connectivity index (χ3v) is 9.34. The van der Waals surface area contributed by atoms with Crippen LogP contribution in [0.4, 0.5) is 0 Å². The summed E-state index contributed by atoms with van der Waals surface area (Å²) in [6, 6.07) is 3.96. The smallest absolute Gasteiger partial charge is 0.246 e. The lowest BCUT2D eigenvalue weighted by Gasteiger charge is -2.33. The molecular formula is C36H55N11O8. The molecule has 1 aromatic carbocycles. The highest BCUT2D eigenvalue weighted by molar-refractivity contribution is 5.97. The molecule has 0 aliphatic carbocycles. The van der Waals surface area contributed by atoms with E-state index in [1.54, 1.807) is 26.0 Å². The number of carbonyl (C=O) groups is 8. The van der Waals surface area contributed by atoms with Gasteiger partial charge in [-0.05, 0) is 50.0 Å². The summed E-state index contributed by atoms with van der Waals surface area (Å²) in [5.74, 6) is -5.07. The van der Waals surface area contributed by atoms with Crippen LogP contribution < -0.4 is 43.8 Å². The van der Waals surface area contributed by atoms with Crippen LogP contribution in [-0.2, 0) is 44.8 Å². The van der Waals surface area contributed by atoms with E-state index in [0.29, 0.717) is 32.1 Å². The number of carbonyl (C=O) groups excluding carboxylic acids is 8. The van der Waals surface area contributed by atoms with Crippen LogP contribution in [0.1, 0.15) is 64.9 Å². The molecule has 2 aliphatic rings. The molecule has 0 aromatic heterocycles. The summed E-state index contributed by atoms with van der Waals surface area (Å²) < 4.78 is 0. The third-order valence-electron chi connectivity index (χ3n) is 9.34. The van der Waals surface area contributed by atoms with Crippen LogP contribution in [0, 0.1) is 5.92 Å². The van der Waals surface area contributed by atoms with Crippen molar-refractivity contribution < 1.29 is 38.4 Å². The van der Waals surface area contributed by atoms with Crippen LogP contribution >= 0.6 is 0 Å². The minimum Gasteiger partial charge on any atom is -0.370 e. The number of aliphatic imine (C=N–C) groups is 1. The molecule has 0 bridgehead atoms. The van der Waals surface area contributed by atoms with Crippen LogP contribution in [0.25, 0.3) is 0 Å². The zero-order valence-corrected chi connectivity index (χ0v) is 31.7. The maximum absolute atomic E-state index is 14.1. The van der Waals surface area contributed by atoms with E-state index in [4.69, 9.17) is 17.2 Å². The van der Waals surface area contributed by atoms with Crippen LogP contribution in [0.15, 0.2) is 35.3 Å². The Balaban J connectivity index is 1.79. The van der Waals surface area contributed by atoms with Crippen molar-refractivity contribution in [1.29, 1.82) is 0 Å². The van der Waals surface area contributed by atoms with Gasteiger partial charge in [0.2, 0.25) is 47.3 Å². The molecule has 5 atom stereocenters. The van der Waals surface area contributed by atoms with Gasteiger partial charge in [0, 0.05) is 33.0 Å². The number of nitrogens with zero attached hydrogens (tertiary/aromatic N) is 3. The number of nitrogens with one attached hydrogen (secondary N) is 5. The highest BCUT2D eigenvalue weighted by atomic mass is 16.2. The van der Waals surface area contributed by atoms with Gasteiger partial charge in [-0.15, -0.1) is 0 Å². The van der Waals surface area contributed by atoms with Crippen molar-refractivity contribution in [2.45, 2.75) is 95.9 Å². The van der Waals surface area contributed by atoms with Crippen LogP contribution in [0.5, 0.6) is 0 Å². The first-order valence-corrected chi connectivity index (χ1v) is 18.5. The van der Waals surface area contributed by atoms with Gasteiger partial charge in [0.1, 0.15) is 30.2 Å².